The van der Waals surface area contributed by atoms with Crippen molar-refractivity contribution in [1.29, 1.82) is 0 Å². The molecule has 5 rings (SSSR count). The zero-order valence-corrected chi connectivity index (χ0v) is 16.6. The minimum Gasteiger partial charge on any atom is -0.340 e. The minimum atomic E-state index is -0.190. The number of hydrogen-bond donors (Lipinski definition) is 0. The van der Waals surface area contributed by atoms with E-state index in [1.54, 1.807) is 22.8 Å². The highest BCUT2D eigenvalue weighted by atomic mass is 16.2. The van der Waals surface area contributed by atoms with Crippen LogP contribution in [0.4, 0.5) is 11.5 Å². The summed E-state index contributed by atoms with van der Waals surface area (Å²) in [4.78, 5) is 30.6. The summed E-state index contributed by atoms with van der Waals surface area (Å²) in [6.07, 6.45) is 7.35. The zero-order valence-electron chi connectivity index (χ0n) is 16.6. The number of rotatable bonds is 4. The molecule has 0 N–H and O–H groups in total. The Bertz CT molecular complexity index is 1040. The summed E-state index contributed by atoms with van der Waals surface area (Å²) in [5, 5.41) is 4.37. The fourth-order valence-corrected chi connectivity index (χ4v) is 4.13. The van der Waals surface area contributed by atoms with Gasteiger partial charge in [0, 0.05) is 18.7 Å². The molecule has 148 valence electrons. The molecule has 0 radical (unpaired) electrons. The number of hydrogen-bond acceptors (Lipinski definition) is 6. The maximum Gasteiger partial charge on any atom is 0.254 e. The van der Waals surface area contributed by atoms with Gasteiger partial charge in [0.25, 0.3) is 5.95 Å². The fraction of sp³-hybridized carbons (Fsp3) is 0.381. The van der Waals surface area contributed by atoms with Crippen molar-refractivity contribution >= 4 is 17.4 Å². The predicted molar refractivity (Wildman–Crippen MR) is 110 cm³/mol. The van der Waals surface area contributed by atoms with E-state index in [0.717, 1.165) is 36.3 Å². The Morgan fingerprint density at radius 3 is 2.62 bits per heavy atom. The van der Waals surface area contributed by atoms with E-state index in [2.05, 4.69) is 26.9 Å². The van der Waals surface area contributed by atoms with Crippen molar-refractivity contribution in [2.45, 2.75) is 44.7 Å². The molecule has 3 aromatic rings. The molecule has 2 aromatic heterocycles. The molecule has 1 amide bonds. The Hall–Kier alpha value is -3.29. The van der Waals surface area contributed by atoms with Crippen LogP contribution in [0.2, 0.25) is 0 Å². The first-order valence-corrected chi connectivity index (χ1v) is 10.1. The van der Waals surface area contributed by atoms with Crippen LogP contribution in [-0.4, -0.2) is 49.8 Å². The smallest absolute Gasteiger partial charge is 0.254 e. The third kappa shape index (κ3) is 2.78. The number of anilines is 2. The van der Waals surface area contributed by atoms with Gasteiger partial charge in [-0.1, -0.05) is 37.3 Å². The molecule has 3 heterocycles. The second-order valence-corrected chi connectivity index (χ2v) is 7.55. The highest BCUT2D eigenvalue weighted by molar-refractivity contribution is 6.04. The van der Waals surface area contributed by atoms with Gasteiger partial charge < -0.3 is 9.80 Å². The van der Waals surface area contributed by atoms with Gasteiger partial charge in [-0.25, -0.2) is 9.97 Å². The molecule has 29 heavy (non-hydrogen) atoms. The van der Waals surface area contributed by atoms with Gasteiger partial charge in [-0.3, -0.25) is 4.79 Å². The average Bonchev–Trinajstić information content (AvgIpc) is 3.21. The first kappa shape index (κ1) is 17.8. The highest BCUT2D eigenvalue weighted by Crippen LogP contribution is 2.40. The van der Waals surface area contributed by atoms with Gasteiger partial charge >= 0.3 is 0 Å². The van der Waals surface area contributed by atoms with Gasteiger partial charge in [0.15, 0.2) is 11.6 Å². The summed E-state index contributed by atoms with van der Waals surface area (Å²) in [5.41, 5.74) is 1.69. The molecule has 0 bridgehead atoms. The summed E-state index contributed by atoms with van der Waals surface area (Å²) < 4.78 is 1.66. The quantitative estimate of drug-likeness (QED) is 0.683. The van der Waals surface area contributed by atoms with Crippen LogP contribution in [0.1, 0.15) is 32.6 Å². The molecular weight excluding hydrogens is 366 g/mol. The van der Waals surface area contributed by atoms with Crippen LogP contribution in [0, 0.1) is 0 Å². The molecular formula is C21H23N7O. The molecule has 8 heteroatoms. The van der Waals surface area contributed by atoms with Gasteiger partial charge in [0.1, 0.15) is 18.1 Å². The molecule has 1 aliphatic heterocycles. The fourth-order valence-electron chi connectivity index (χ4n) is 4.13. The Labute approximate surface area is 169 Å². The van der Waals surface area contributed by atoms with Gasteiger partial charge in [0.05, 0.1) is 6.20 Å². The third-order valence-corrected chi connectivity index (χ3v) is 5.92. The van der Waals surface area contributed by atoms with E-state index in [1.807, 2.05) is 30.3 Å². The number of likely N-dealkylation sites (N-methyl/N-ethyl adjacent to an activating group) is 1. The van der Waals surface area contributed by atoms with E-state index in [9.17, 15) is 4.79 Å². The summed E-state index contributed by atoms with van der Waals surface area (Å²) >= 11 is 0. The van der Waals surface area contributed by atoms with Crippen LogP contribution < -0.4 is 9.80 Å². The number of aromatic nitrogens is 5. The second kappa shape index (κ2) is 6.95. The summed E-state index contributed by atoms with van der Waals surface area (Å²) in [6, 6.07) is 10.0. The van der Waals surface area contributed by atoms with Gasteiger partial charge in [0.2, 0.25) is 5.91 Å². The SMILES string of the molecule is CCC1C(=O)N(C)c2cnc(-n3ncnc3-c3ccccc3)nc2N1C1CCC1. The van der Waals surface area contributed by atoms with Crippen LogP contribution >= 0.6 is 0 Å². The van der Waals surface area contributed by atoms with Gasteiger partial charge in [-0.05, 0) is 25.7 Å². The number of carbonyl (C=O) groups excluding carboxylic acids is 1. The first-order valence-electron chi connectivity index (χ1n) is 10.1. The number of nitrogens with zero attached hydrogens (tertiary/aromatic N) is 7. The third-order valence-electron chi connectivity index (χ3n) is 5.92. The Morgan fingerprint density at radius 1 is 1.14 bits per heavy atom. The number of benzene rings is 1. The molecule has 1 atom stereocenters. The van der Waals surface area contributed by atoms with Crippen molar-refractivity contribution in [1.82, 2.24) is 24.7 Å². The standard InChI is InChI=1S/C21H23N7O/c1-3-16-20(29)26(2)17-12-22-21(25-19(17)27(16)15-10-7-11-15)28-18(23-13-24-28)14-8-5-4-6-9-14/h4-6,8-9,12-13,15-16H,3,7,10-11H2,1-2H3. The van der Waals surface area contributed by atoms with E-state index >= 15 is 0 Å². The topological polar surface area (TPSA) is 80.0 Å². The normalized spacial score (nSPS) is 19.2. The van der Waals surface area contributed by atoms with Crippen LogP contribution in [0.15, 0.2) is 42.9 Å². The molecule has 8 nitrogen and oxygen atoms in total. The zero-order chi connectivity index (χ0) is 20.0. The molecule has 1 fully saturated rings. The lowest BCUT2D eigenvalue weighted by atomic mass is 9.88. The molecule has 1 unspecified atom stereocenters. The van der Waals surface area contributed by atoms with Crippen molar-refractivity contribution in [2.75, 3.05) is 16.8 Å². The van der Waals surface area contributed by atoms with Crippen LogP contribution in [-0.2, 0) is 4.79 Å². The molecule has 1 aromatic carbocycles. The van der Waals surface area contributed by atoms with Crippen molar-refractivity contribution < 1.29 is 4.79 Å². The number of fused-ring (bicyclic) bond motifs is 1. The highest BCUT2D eigenvalue weighted by Gasteiger charge is 2.42. The average molecular weight is 389 g/mol. The van der Waals surface area contributed by atoms with E-state index in [0.29, 0.717) is 17.8 Å². The van der Waals surface area contributed by atoms with Gasteiger partial charge in [-0.15, -0.1) is 0 Å². The second-order valence-electron chi connectivity index (χ2n) is 7.55. The first-order chi connectivity index (χ1) is 14.2. The van der Waals surface area contributed by atoms with Crippen LogP contribution in [0.5, 0.6) is 0 Å². The maximum atomic E-state index is 12.9. The van der Waals surface area contributed by atoms with E-state index < -0.39 is 0 Å². The van der Waals surface area contributed by atoms with E-state index in [1.165, 1.54) is 12.7 Å². The van der Waals surface area contributed by atoms with E-state index in [-0.39, 0.29) is 11.9 Å². The molecule has 2 aliphatic rings. The number of amides is 1. The molecule has 0 saturated heterocycles. The van der Waals surface area contributed by atoms with Crippen molar-refractivity contribution in [3.63, 3.8) is 0 Å². The Balaban J connectivity index is 1.63. The molecule has 1 saturated carbocycles. The Kier molecular flexibility index (Phi) is 4.26. The van der Waals surface area contributed by atoms with Crippen LogP contribution in [0.25, 0.3) is 17.3 Å². The number of carbonyl (C=O) groups is 1. The summed E-state index contributed by atoms with van der Waals surface area (Å²) in [7, 11) is 1.80. The summed E-state index contributed by atoms with van der Waals surface area (Å²) in [6.45, 7) is 2.06. The largest absolute Gasteiger partial charge is 0.340 e. The monoisotopic (exact) mass is 389 g/mol. The van der Waals surface area contributed by atoms with Crippen LogP contribution in [0.3, 0.4) is 0 Å². The lowest BCUT2D eigenvalue weighted by Crippen LogP contribution is -2.57. The lowest BCUT2D eigenvalue weighted by Gasteiger charge is -2.47. The van der Waals surface area contributed by atoms with Crippen molar-refractivity contribution in [3.05, 3.63) is 42.9 Å². The van der Waals surface area contributed by atoms with E-state index in [4.69, 9.17) is 4.98 Å². The maximum absolute atomic E-state index is 12.9. The minimum absolute atomic E-state index is 0.106. The lowest BCUT2D eigenvalue weighted by molar-refractivity contribution is -0.120. The molecule has 0 spiro atoms. The molecule has 1 aliphatic carbocycles. The van der Waals surface area contributed by atoms with Gasteiger partial charge in [-0.2, -0.15) is 14.8 Å². The predicted octanol–water partition coefficient (Wildman–Crippen LogP) is 2.84. The van der Waals surface area contributed by atoms with Crippen molar-refractivity contribution in [2.24, 2.45) is 0 Å². The van der Waals surface area contributed by atoms with Crippen molar-refractivity contribution in [3.8, 4) is 17.3 Å². The Morgan fingerprint density at radius 2 is 1.93 bits per heavy atom. The summed E-state index contributed by atoms with van der Waals surface area (Å²) in [5.74, 6) is 2.06.